The Kier molecular flexibility index (Phi) is 4.91. The molecule has 140 valence electrons. The van der Waals surface area contributed by atoms with Gasteiger partial charge in [-0.25, -0.2) is 4.79 Å². The fourth-order valence-electron chi connectivity index (χ4n) is 6.01. The Bertz CT molecular complexity index is 592. The molecule has 3 heteroatoms. The Hall–Kier alpha value is -1.09. The molecule has 1 aliphatic heterocycles. The van der Waals surface area contributed by atoms with Gasteiger partial charge in [0.1, 0.15) is 0 Å². The van der Waals surface area contributed by atoms with Crippen LogP contribution in [0.5, 0.6) is 0 Å². The van der Waals surface area contributed by atoms with E-state index in [1.165, 1.54) is 5.57 Å². The van der Waals surface area contributed by atoms with E-state index < -0.39 is 0 Å². The number of rotatable bonds is 3. The first-order valence-electron chi connectivity index (χ1n) is 9.97. The van der Waals surface area contributed by atoms with E-state index in [1.807, 2.05) is 0 Å². The van der Waals surface area contributed by atoms with Crippen LogP contribution < -0.4 is 0 Å². The molecule has 0 aromatic heterocycles. The summed E-state index contributed by atoms with van der Waals surface area (Å²) in [5, 5.41) is 10.7. The molecule has 0 aromatic carbocycles. The Labute approximate surface area is 152 Å². The third kappa shape index (κ3) is 2.89. The molecule has 25 heavy (non-hydrogen) atoms. The van der Waals surface area contributed by atoms with Crippen LogP contribution in [0.25, 0.3) is 0 Å². The van der Waals surface area contributed by atoms with Crippen LogP contribution in [0.4, 0.5) is 0 Å². The van der Waals surface area contributed by atoms with Crippen molar-refractivity contribution in [2.24, 2.45) is 28.6 Å². The van der Waals surface area contributed by atoms with Gasteiger partial charge in [-0.3, -0.25) is 0 Å². The van der Waals surface area contributed by atoms with Crippen molar-refractivity contribution in [1.82, 2.24) is 0 Å². The summed E-state index contributed by atoms with van der Waals surface area (Å²) in [5.74, 6) is 0.948. The minimum atomic E-state index is -0.203. The highest BCUT2D eigenvalue weighted by Gasteiger charge is 2.56. The number of aliphatic hydroxyl groups is 1. The summed E-state index contributed by atoms with van der Waals surface area (Å²) in [6, 6.07) is 0. The van der Waals surface area contributed by atoms with E-state index >= 15 is 0 Å². The summed E-state index contributed by atoms with van der Waals surface area (Å²) in [6.07, 6.45) is 7.88. The summed E-state index contributed by atoms with van der Waals surface area (Å²) >= 11 is 0. The molecule has 2 saturated carbocycles. The largest absolute Gasteiger partial charge is 0.462 e. The SMILES string of the molecule is C=C1CC[C@@H]2[C@](C)(CC)[C@H](O)CC[C@@]2(C)[C@@H]1C/C=C1/C(=O)OC[C@H]1C. The van der Waals surface area contributed by atoms with Gasteiger partial charge in [-0.15, -0.1) is 0 Å². The average molecular weight is 347 g/mol. The number of ether oxygens (including phenoxy) is 1. The van der Waals surface area contributed by atoms with Crippen LogP contribution in [0.3, 0.4) is 0 Å². The Morgan fingerprint density at radius 3 is 2.68 bits per heavy atom. The normalized spacial score (nSPS) is 46.2. The van der Waals surface area contributed by atoms with E-state index in [0.717, 1.165) is 44.1 Å². The highest BCUT2D eigenvalue weighted by molar-refractivity contribution is 5.90. The van der Waals surface area contributed by atoms with Gasteiger partial charge >= 0.3 is 5.97 Å². The number of hydrogen-bond acceptors (Lipinski definition) is 3. The lowest BCUT2D eigenvalue weighted by molar-refractivity contribution is -0.135. The number of cyclic esters (lactones) is 1. The molecular formula is C22H34O3. The molecule has 2 aliphatic carbocycles. The van der Waals surface area contributed by atoms with Crippen LogP contribution >= 0.6 is 0 Å². The number of aliphatic hydroxyl groups excluding tert-OH is 1. The van der Waals surface area contributed by atoms with E-state index in [0.29, 0.717) is 18.4 Å². The van der Waals surface area contributed by atoms with E-state index in [9.17, 15) is 9.90 Å². The average Bonchev–Trinajstić information content (AvgIpc) is 2.89. The van der Waals surface area contributed by atoms with Gasteiger partial charge in [0.2, 0.25) is 0 Å². The van der Waals surface area contributed by atoms with Gasteiger partial charge in [-0.2, -0.15) is 0 Å². The first-order chi connectivity index (χ1) is 11.7. The molecule has 1 N–H and O–H groups in total. The van der Waals surface area contributed by atoms with E-state index in [-0.39, 0.29) is 28.8 Å². The van der Waals surface area contributed by atoms with Crippen LogP contribution in [0, 0.1) is 28.6 Å². The van der Waals surface area contributed by atoms with Gasteiger partial charge in [0.15, 0.2) is 0 Å². The van der Waals surface area contributed by atoms with Gasteiger partial charge in [-0.05, 0) is 61.2 Å². The zero-order valence-electron chi connectivity index (χ0n) is 16.3. The summed E-state index contributed by atoms with van der Waals surface area (Å²) in [4.78, 5) is 11.9. The zero-order valence-corrected chi connectivity index (χ0v) is 16.3. The molecule has 0 radical (unpaired) electrons. The predicted octanol–water partition coefficient (Wildman–Crippen LogP) is 4.66. The van der Waals surface area contributed by atoms with Crippen molar-refractivity contribution in [2.45, 2.75) is 72.3 Å². The van der Waals surface area contributed by atoms with Crippen LogP contribution in [-0.4, -0.2) is 23.8 Å². The fourth-order valence-corrected chi connectivity index (χ4v) is 6.01. The molecule has 3 nitrogen and oxygen atoms in total. The van der Waals surface area contributed by atoms with Crippen LogP contribution in [0.2, 0.25) is 0 Å². The van der Waals surface area contributed by atoms with Crippen molar-refractivity contribution < 1.29 is 14.6 Å². The van der Waals surface area contributed by atoms with E-state index in [4.69, 9.17) is 4.74 Å². The Morgan fingerprint density at radius 2 is 2.08 bits per heavy atom. The molecule has 0 spiro atoms. The fraction of sp³-hybridized carbons (Fsp3) is 0.773. The number of allylic oxidation sites excluding steroid dienone is 2. The molecule has 3 rings (SSSR count). The van der Waals surface area contributed by atoms with Crippen LogP contribution in [0.15, 0.2) is 23.8 Å². The maximum absolute atomic E-state index is 11.9. The second-order valence-electron chi connectivity index (χ2n) is 9.12. The van der Waals surface area contributed by atoms with Gasteiger partial charge in [0.05, 0.1) is 12.7 Å². The summed E-state index contributed by atoms with van der Waals surface area (Å²) in [6.45, 7) is 13.9. The maximum Gasteiger partial charge on any atom is 0.334 e. The second kappa shape index (κ2) is 6.57. The molecular weight excluding hydrogens is 312 g/mol. The van der Waals surface area contributed by atoms with Gasteiger partial charge in [-0.1, -0.05) is 45.9 Å². The lowest BCUT2D eigenvalue weighted by Gasteiger charge is -2.60. The molecule has 0 bridgehead atoms. The van der Waals surface area contributed by atoms with Crippen molar-refractivity contribution >= 4 is 5.97 Å². The summed E-state index contributed by atoms with van der Waals surface area (Å²) < 4.78 is 5.18. The third-order valence-electron chi connectivity index (χ3n) is 7.92. The molecule has 0 aromatic rings. The highest BCUT2D eigenvalue weighted by atomic mass is 16.5. The second-order valence-corrected chi connectivity index (χ2v) is 9.12. The quantitative estimate of drug-likeness (QED) is 0.459. The summed E-state index contributed by atoms with van der Waals surface area (Å²) in [5.41, 5.74) is 2.30. The van der Waals surface area contributed by atoms with Crippen molar-refractivity contribution in [3.8, 4) is 0 Å². The molecule has 3 aliphatic rings. The van der Waals surface area contributed by atoms with Crippen molar-refractivity contribution in [3.63, 3.8) is 0 Å². The minimum Gasteiger partial charge on any atom is -0.462 e. The third-order valence-corrected chi connectivity index (χ3v) is 7.92. The zero-order chi connectivity index (χ0) is 18.4. The van der Waals surface area contributed by atoms with Gasteiger partial charge in [0, 0.05) is 11.5 Å². The molecule has 0 amide bonds. The van der Waals surface area contributed by atoms with E-state index in [2.05, 4.69) is 40.3 Å². The standard InChI is InChI=1S/C22H34O3/c1-6-21(4)18-10-7-14(2)17(22(18,5)12-11-19(21)23)9-8-16-15(3)13-25-20(16)24/h8,15,17-19,23H,2,6-7,9-13H2,1,3-5H3/b16-8+/t15-,17-,18-,19-,21+,22+/m1/s1. The van der Waals surface area contributed by atoms with E-state index in [1.54, 1.807) is 0 Å². The minimum absolute atomic E-state index is 0.0152. The highest BCUT2D eigenvalue weighted by Crippen LogP contribution is 2.62. The summed E-state index contributed by atoms with van der Waals surface area (Å²) in [7, 11) is 0. The molecule has 1 saturated heterocycles. The Balaban J connectivity index is 1.89. The van der Waals surface area contributed by atoms with Crippen LogP contribution in [-0.2, 0) is 9.53 Å². The molecule has 6 atom stereocenters. The predicted molar refractivity (Wildman–Crippen MR) is 99.9 cm³/mol. The number of fused-ring (bicyclic) bond motifs is 1. The lowest BCUT2D eigenvalue weighted by Crippen LogP contribution is -2.55. The smallest absolute Gasteiger partial charge is 0.334 e. The number of carbonyl (C=O) groups excluding carboxylic acids is 1. The Morgan fingerprint density at radius 1 is 1.36 bits per heavy atom. The van der Waals surface area contributed by atoms with Crippen molar-refractivity contribution in [1.29, 1.82) is 0 Å². The lowest BCUT2D eigenvalue weighted by atomic mass is 9.45. The van der Waals surface area contributed by atoms with Crippen molar-refractivity contribution in [3.05, 3.63) is 23.8 Å². The first-order valence-corrected chi connectivity index (χ1v) is 9.97. The number of carbonyl (C=O) groups is 1. The molecule has 0 unspecified atom stereocenters. The van der Waals surface area contributed by atoms with Crippen LogP contribution in [0.1, 0.15) is 66.2 Å². The first kappa shape index (κ1) is 18.7. The topological polar surface area (TPSA) is 46.5 Å². The number of hydrogen-bond donors (Lipinski definition) is 1. The maximum atomic E-state index is 11.9. The van der Waals surface area contributed by atoms with Crippen molar-refractivity contribution in [2.75, 3.05) is 6.61 Å². The molecule has 3 fully saturated rings. The number of esters is 1. The van der Waals surface area contributed by atoms with Gasteiger partial charge in [0.25, 0.3) is 0 Å². The van der Waals surface area contributed by atoms with Gasteiger partial charge < -0.3 is 9.84 Å². The molecule has 1 heterocycles. The monoisotopic (exact) mass is 346 g/mol.